The van der Waals surface area contributed by atoms with Gasteiger partial charge in [-0.1, -0.05) is 44.6 Å². The smallest absolute Gasteiger partial charge is 0.327 e. The highest BCUT2D eigenvalue weighted by Gasteiger charge is 2.23. The minimum absolute atomic E-state index is 0.310. The zero-order chi connectivity index (χ0) is 21.0. The lowest BCUT2D eigenvalue weighted by molar-refractivity contribution is -0.156. The number of carbonyl (C=O) groups is 2. The van der Waals surface area contributed by atoms with Crippen molar-refractivity contribution in [3.8, 4) is 0 Å². The van der Waals surface area contributed by atoms with Crippen LogP contribution in [0.2, 0.25) is 0 Å². The van der Waals surface area contributed by atoms with Gasteiger partial charge in [-0.15, -0.1) is 6.58 Å². The predicted octanol–water partition coefficient (Wildman–Crippen LogP) is 3.80. The maximum absolute atomic E-state index is 11.5. The van der Waals surface area contributed by atoms with Crippen LogP contribution in [0.25, 0.3) is 0 Å². The number of carboxylic acids is 1. The zero-order valence-corrected chi connectivity index (χ0v) is 18.0. The lowest BCUT2D eigenvalue weighted by Crippen LogP contribution is -2.41. The van der Waals surface area contributed by atoms with E-state index >= 15 is 0 Å². The van der Waals surface area contributed by atoms with Crippen molar-refractivity contribution < 1.29 is 19.4 Å². The Labute approximate surface area is 170 Å². The molecule has 0 bridgehead atoms. The summed E-state index contributed by atoms with van der Waals surface area (Å²) >= 11 is 0. The third-order valence-corrected chi connectivity index (χ3v) is 5.05. The van der Waals surface area contributed by atoms with Gasteiger partial charge in [-0.25, -0.2) is 4.79 Å². The first-order valence-electron chi connectivity index (χ1n) is 10.8. The van der Waals surface area contributed by atoms with Crippen molar-refractivity contribution in [3.05, 3.63) is 12.7 Å². The second-order valence-corrected chi connectivity index (χ2v) is 8.86. The third-order valence-electron chi connectivity index (χ3n) is 5.05. The molecule has 1 unspecified atom stereocenters. The molecule has 2 rings (SSSR count). The molecule has 6 nitrogen and oxygen atoms in total. The highest BCUT2D eigenvalue weighted by Crippen LogP contribution is 2.22. The van der Waals surface area contributed by atoms with Crippen molar-refractivity contribution >= 4 is 11.9 Å². The quantitative estimate of drug-likeness (QED) is 0.448. The molecule has 0 aliphatic heterocycles. The number of hydrogen-bond donors (Lipinski definition) is 3. The molecule has 3 N–H and O–H groups in total. The number of nitrogens with one attached hydrogen (secondary N) is 2. The highest BCUT2D eigenvalue weighted by molar-refractivity contribution is 5.79. The average Bonchev–Trinajstić information content (AvgIpc) is 2.63. The number of esters is 1. The molecule has 1 atom stereocenters. The Morgan fingerprint density at radius 2 is 1.50 bits per heavy atom. The minimum atomic E-state index is -1.04. The summed E-state index contributed by atoms with van der Waals surface area (Å²) in [6.45, 7) is 8.34. The van der Waals surface area contributed by atoms with Gasteiger partial charge in [0.25, 0.3) is 0 Å². The molecule has 2 aliphatic carbocycles. The van der Waals surface area contributed by atoms with Gasteiger partial charge in [0.1, 0.15) is 11.6 Å². The molecule has 2 fully saturated rings. The number of aliphatic carboxylic acids is 1. The molecule has 2 aliphatic rings. The van der Waals surface area contributed by atoms with Gasteiger partial charge in [-0.3, -0.25) is 10.1 Å². The van der Waals surface area contributed by atoms with Gasteiger partial charge >= 0.3 is 11.9 Å². The summed E-state index contributed by atoms with van der Waals surface area (Å²) < 4.78 is 5.06. The topological polar surface area (TPSA) is 87.7 Å². The van der Waals surface area contributed by atoms with Crippen LogP contribution < -0.4 is 10.6 Å². The first-order chi connectivity index (χ1) is 13.2. The maximum Gasteiger partial charge on any atom is 0.327 e. The Balaban J connectivity index is 0.000000281. The molecule has 0 aromatic rings. The van der Waals surface area contributed by atoms with E-state index in [9.17, 15) is 9.59 Å². The lowest BCUT2D eigenvalue weighted by Gasteiger charge is -2.30. The summed E-state index contributed by atoms with van der Waals surface area (Å²) in [5, 5.41) is 14.8. The summed E-state index contributed by atoms with van der Waals surface area (Å²) in [6, 6.07) is 0.953. The fourth-order valence-corrected chi connectivity index (χ4v) is 3.70. The fraction of sp³-hybridized carbons (Fsp3) is 0.818. The zero-order valence-electron chi connectivity index (χ0n) is 18.0. The van der Waals surface area contributed by atoms with E-state index in [-0.39, 0.29) is 6.54 Å². The van der Waals surface area contributed by atoms with Gasteiger partial charge in [0.15, 0.2) is 0 Å². The van der Waals surface area contributed by atoms with Crippen molar-refractivity contribution in [2.75, 3.05) is 6.54 Å². The summed E-state index contributed by atoms with van der Waals surface area (Å²) in [5.74, 6) is -1.57. The van der Waals surface area contributed by atoms with Crippen LogP contribution in [0, 0.1) is 0 Å². The Bertz CT molecular complexity index is 459. The van der Waals surface area contributed by atoms with E-state index in [1.807, 2.05) is 0 Å². The monoisotopic (exact) mass is 396 g/mol. The molecule has 0 aromatic carbocycles. The largest absolute Gasteiger partial charge is 0.480 e. The van der Waals surface area contributed by atoms with Crippen LogP contribution in [0.15, 0.2) is 12.7 Å². The van der Waals surface area contributed by atoms with Crippen LogP contribution in [0.1, 0.15) is 85.0 Å². The molecule has 6 heteroatoms. The Hall–Kier alpha value is -1.40. The standard InChI is InChI=1S/C12H23N.C10H17NO4/c1-3-7-11(8-4-1)13-12-9-5-2-6-10-12;1-5-7(11-6-8(12)13)9(14)15-10(2,3)4/h11-13H,1-10H2;5,7,11H,1,6H2,2-4H3,(H,12,13). The molecule has 0 radical (unpaired) electrons. The normalized spacial score (nSPS) is 19.8. The second-order valence-electron chi connectivity index (χ2n) is 8.86. The number of carbonyl (C=O) groups excluding carboxylic acids is 1. The van der Waals surface area contributed by atoms with Crippen LogP contribution in [0.4, 0.5) is 0 Å². The third kappa shape index (κ3) is 11.4. The summed E-state index contributed by atoms with van der Waals surface area (Å²) in [4.78, 5) is 21.7. The van der Waals surface area contributed by atoms with Gasteiger partial charge in [-0.2, -0.15) is 0 Å². The van der Waals surface area contributed by atoms with Crippen LogP contribution in [0.3, 0.4) is 0 Å². The number of hydrogen-bond acceptors (Lipinski definition) is 5. The SMILES string of the molecule is C1CCC(NC2CCCCC2)CC1.C=CC(NCC(=O)O)C(=O)OC(C)(C)C. The van der Waals surface area contributed by atoms with E-state index < -0.39 is 23.6 Å². The number of ether oxygens (including phenoxy) is 1. The van der Waals surface area contributed by atoms with Gasteiger partial charge in [0.05, 0.1) is 6.54 Å². The van der Waals surface area contributed by atoms with Crippen molar-refractivity contribution in [3.63, 3.8) is 0 Å². The molecule has 2 saturated carbocycles. The van der Waals surface area contributed by atoms with E-state index in [0.717, 1.165) is 12.1 Å². The molecule has 0 heterocycles. The van der Waals surface area contributed by atoms with Crippen LogP contribution >= 0.6 is 0 Å². The summed E-state index contributed by atoms with van der Waals surface area (Å²) in [7, 11) is 0. The van der Waals surface area contributed by atoms with Gasteiger partial charge in [-0.05, 0) is 46.5 Å². The molecular formula is C22H40N2O4. The molecule has 0 aromatic heterocycles. The van der Waals surface area contributed by atoms with Crippen molar-refractivity contribution in [1.29, 1.82) is 0 Å². The molecule has 0 spiro atoms. The van der Waals surface area contributed by atoms with E-state index in [0.29, 0.717) is 0 Å². The molecule has 0 amide bonds. The summed E-state index contributed by atoms with van der Waals surface area (Å²) in [5.41, 5.74) is -0.594. The van der Waals surface area contributed by atoms with Crippen LogP contribution in [-0.2, 0) is 14.3 Å². The van der Waals surface area contributed by atoms with E-state index in [4.69, 9.17) is 9.84 Å². The molecular weight excluding hydrogens is 356 g/mol. The van der Waals surface area contributed by atoms with E-state index in [1.165, 1.54) is 70.3 Å². The van der Waals surface area contributed by atoms with Crippen LogP contribution in [-0.4, -0.2) is 47.3 Å². The maximum atomic E-state index is 11.5. The van der Waals surface area contributed by atoms with Crippen molar-refractivity contribution in [1.82, 2.24) is 10.6 Å². The minimum Gasteiger partial charge on any atom is -0.480 e. The predicted molar refractivity (Wildman–Crippen MR) is 112 cm³/mol. The number of rotatable bonds is 7. The first-order valence-corrected chi connectivity index (χ1v) is 10.8. The van der Waals surface area contributed by atoms with Gasteiger partial charge in [0.2, 0.25) is 0 Å². The molecule has 28 heavy (non-hydrogen) atoms. The summed E-state index contributed by atoms with van der Waals surface area (Å²) in [6.07, 6.45) is 15.9. The molecule has 0 saturated heterocycles. The lowest BCUT2D eigenvalue weighted by atomic mass is 9.91. The van der Waals surface area contributed by atoms with E-state index in [1.54, 1.807) is 20.8 Å². The Morgan fingerprint density at radius 3 is 1.86 bits per heavy atom. The Morgan fingerprint density at radius 1 is 1.04 bits per heavy atom. The van der Waals surface area contributed by atoms with Gasteiger partial charge in [0, 0.05) is 12.1 Å². The molecule has 162 valence electrons. The van der Waals surface area contributed by atoms with Crippen LogP contribution in [0.5, 0.6) is 0 Å². The van der Waals surface area contributed by atoms with E-state index in [2.05, 4.69) is 17.2 Å². The van der Waals surface area contributed by atoms with Gasteiger partial charge < -0.3 is 15.2 Å². The van der Waals surface area contributed by atoms with Crippen molar-refractivity contribution in [2.45, 2.75) is 109 Å². The second kappa shape index (κ2) is 12.9. The highest BCUT2D eigenvalue weighted by atomic mass is 16.6. The fourth-order valence-electron chi connectivity index (χ4n) is 3.70. The first kappa shape index (κ1) is 24.6. The Kier molecular flexibility index (Phi) is 11.4. The average molecular weight is 397 g/mol. The number of carboxylic acid groups (broad SMARTS) is 1. The van der Waals surface area contributed by atoms with Crippen molar-refractivity contribution in [2.24, 2.45) is 0 Å².